The summed E-state index contributed by atoms with van der Waals surface area (Å²) >= 11 is 1.77. The van der Waals surface area contributed by atoms with Crippen LogP contribution in [-0.4, -0.2) is 62.9 Å². The van der Waals surface area contributed by atoms with Crippen LogP contribution in [0.4, 0.5) is 0 Å². The minimum atomic E-state index is 0.0586. The Labute approximate surface area is 227 Å². The lowest BCUT2D eigenvalue weighted by Crippen LogP contribution is -2.28. The largest absolute Gasteiger partial charge is 0.496 e. The number of piperidine rings is 1. The third-order valence-electron chi connectivity index (χ3n) is 8.17. The molecular formula is C30H33N5O2S. The molecule has 2 aromatic heterocycles. The maximum Gasteiger partial charge on any atom is 0.191 e. The summed E-state index contributed by atoms with van der Waals surface area (Å²) < 4.78 is 7.50. The van der Waals surface area contributed by atoms with Gasteiger partial charge in [0.05, 0.1) is 18.2 Å². The van der Waals surface area contributed by atoms with Crippen molar-refractivity contribution >= 4 is 28.4 Å². The Balaban J connectivity index is 1.07. The maximum absolute atomic E-state index is 12.1. The highest BCUT2D eigenvalue weighted by molar-refractivity contribution is 7.99. The van der Waals surface area contributed by atoms with Crippen molar-refractivity contribution in [2.75, 3.05) is 32.5 Å². The Kier molecular flexibility index (Phi) is 6.48. The van der Waals surface area contributed by atoms with Gasteiger partial charge in [-0.15, -0.1) is 10.2 Å². The molecule has 0 amide bonds. The summed E-state index contributed by atoms with van der Waals surface area (Å²) in [7, 11) is 3.67. The molecular weight excluding hydrogens is 494 g/mol. The van der Waals surface area contributed by atoms with E-state index in [1.165, 1.54) is 12.0 Å². The molecule has 0 unspecified atom stereocenters. The predicted octanol–water partition coefficient (Wildman–Crippen LogP) is 5.31. The Morgan fingerprint density at radius 3 is 2.87 bits per heavy atom. The second-order valence-corrected chi connectivity index (χ2v) is 11.7. The Morgan fingerprint density at radius 2 is 2.05 bits per heavy atom. The van der Waals surface area contributed by atoms with Crippen LogP contribution in [0.5, 0.6) is 5.75 Å². The quantitative estimate of drug-likeness (QED) is 0.166. The van der Waals surface area contributed by atoms with E-state index in [0.717, 1.165) is 64.9 Å². The van der Waals surface area contributed by atoms with E-state index in [1.54, 1.807) is 25.8 Å². The molecule has 0 bridgehead atoms. The van der Waals surface area contributed by atoms with Crippen LogP contribution >= 0.6 is 11.8 Å². The van der Waals surface area contributed by atoms with E-state index < -0.39 is 0 Å². The number of aryl methyl sites for hydroxylation is 1. The molecule has 1 saturated carbocycles. The molecule has 2 fully saturated rings. The fourth-order valence-electron chi connectivity index (χ4n) is 6.08. The number of ether oxygens (including phenoxy) is 1. The number of methoxy groups -OCH3 is 1. The number of carbonyl (C=O) groups excluding carboxylic acids is 1. The van der Waals surface area contributed by atoms with Gasteiger partial charge in [-0.05, 0) is 69.0 Å². The first-order chi connectivity index (χ1) is 18.4. The highest BCUT2D eigenvalue weighted by atomic mass is 32.2. The van der Waals surface area contributed by atoms with Crippen molar-refractivity contribution in [2.24, 2.45) is 13.0 Å². The summed E-state index contributed by atoms with van der Waals surface area (Å²) in [6.07, 6.45) is 2.31. The zero-order chi connectivity index (χ0) is 26.4. The number of aromatic nitrogens is 4. The van der Waals surface area contributed by atoms with Gasteiger partial charge >= 0.3 is 0 Å². The molecule has 4 aromatic rings. The maximum atomic E-state index is 12.1. The zero-order valence-electron chi connectivity index (χ0n) is 22.4. The number of benzene rings is 2. The van der Waals surface area contributed by atoms with Crippen LogP contribution in [-0.2, 0) is 12.5 Å². The van der Waals surface area contributed by atoms with E-state index in [0.29, 0.717) is 17.2 Å². The van der Waals surface area contributed by atoms with E-state index in [9.17, 15) is 4.79 Å². The van der Waals surface area contributed by atoms with Crippen molar-refractivity contribution in [3.63, 3.8) is 0 Å². The third-order valence-corrected chi connectivity index (χ3v) is 9.27. The number of fused-ring (bicyclic) bond motifs is 2. The molecule has 1 saturated heterocycles. The van der Waals surface area contributed by atoms with Crippen LogP contribution in [0, 0.1) is 12.8 Å². The van der Waals surface area contributed by atoms with Gasteiger partial charge < -0.3 is 14.2 Å². The molecule has 1 aliphatic carbocycles. The van der Waals surface area contributed by atoms with Gasteiger partial charge in [0.2, 0.25) is 0 Å². The Bertz CT molecular complexity index is 1530. The topological polar surface area (TPSA) is 73.1 Å². The van der Waals surface area contributed by atoms with Gasteiger partial charge in [-0.2, -0.15) is 0 Å². The second kappa shape index (κ2) is 9.82. The monoisotopic (exact) mass is 527 g/mol. The van der Waals surface area contributed by atoms with Gasteiger partial charge in [0.15, 0.2) is 16.8 Å². The van der Waals surface area contributed by atoms with E-state index >= 15 is 0 Å². The number of thioether (sulfide) groups is 1. The van der Waals surface area contributed by atoms with Crippen molar-refractivity contribution in [3.8, 4) is 17.1 Å². The number of pyridine rings is 1. The fourth-order valence-corrected chi connectivity index (χ4v) is 6.91. The van der Waals surface area contributed by atoms with Gasteiger partial charge in [0.25, 0.3) is 0 Å². The molecule has 196 valence electrons. The van der Waals surface area contributed by atoms with Crippen molar-refractivity contribution in [3.05, 3.63) is 65.4 Å². The number of ketones is 1. The molecule has 3 heterocycles. The van der Waals surface area contributed by atoms with Crippen molar-refractivity contribution in [1.82, 2.24) is 24.6 Å². The number of carbonyl (C=O) groups is 1. The van der Waals surface area contributed by atoms with Crippen LogP contribution in [0.15, 0.2) is 53.7 Å². The summed E-state index contributed by atoms with van der Waals surface area (Å²) in [6.45, 7) is 6.89. The molecule has 0 spiro atoms. The lowest BCUT2D eigenvalue weighted by atomic mass is 9.92. The summed E-state index contributed by atoms with van der Waals surface area (Å²) in [5.41, 5.74) is 5.23. The molecule has 2 aliphatic rings. The first-order valence-electron chi connectivity index (χ1n) is 13.2. The summed E-state index contributed by atoms with van der Waals surface area (Å²) in [5, 5.41) is 11.1. The van der Waals surface area contributed by atoms with E-state index in [-0.39, 0.29) is 11.2 Å². The molecule has 38 heavy (non-hydrogen) atoms. The van der Waals surface area contributed by atoms with Crippen molar-refractivity contribution in [1.29, 1.82) is 0 Å². The minimum Gasteiger partial charge on any atom is -0.496 e. The summed E-state index contributed by atoms with van der Waals surface area (Å²) in [4.78, 5) is 19.4. The predicted molar refractivity (Wildman–Crippen MR) is 151 cm³/mol. The number of hydrogen-bond acceptors (Lipinski definition) is 7. The van der Waals surface area contributed by atoms with Gasteiger partial charge in [0, 0.05) is 47.9 Å². The molecule has 1 aliphatic heterocycles. The number of rotatable bonds is 9. The number of Topliss-reactive ketones (excluding diaryl/α,β-unsaturated/α-hetero) is 1. The average Bonchev–Trinajstić information content (AvgIpc) is 3.29. The smallest absolute Gasteiger partial charge is 0.191 e. The van der Waals surface area contributed by atoms with Gasteiger partial charge in [-0.25, -0.2) is 0 Å². The van der Waals surface area contributed by atoms with Gasteiger partial charge in [-0.1, -0.05) is 36.0 Å². The molecule has 7 nitrogen and oxygen atoms in total. The highest BCUT2D eigenvalue weighted by Crippen LogP contribution is 2.59. The Morgan fingerprint density at radius 1 is 1.18 bits per heavy atom. The van der Waals surface area contributed by atoms with Crippen LogP contribution in [0.2, 0.25) is 0 Å². The third kappa shape index (κ3) is 4.39. The normalized spacial score (nSPS) is 20.6. The van der Waals surface area contributed by atoms with Gasteiger partial charge in [-0.3, -0.25) is 9.78 Å². The van der Waals surface area contributed by atoms with Crippen LogP contribution in [0.25, 0.3) is 22.3 Å². The summed E-state index contributed by atoms with van der Waals surface area (Å²) in [6, 6.07) is 16.5. The van der Waals surface area contributed by atoms with Crippen LogP contribution < -0.4 is 4.74 Å². The van der Waals surface area contributed by atoms with Crippen molar-refractivity contribution in [2.45, 2.75) is 37.3 Å². The standard InChI is InChI=1S/C30H33N5O2S/c1-19-9-11-23-24(7-5-8-26(23)31-19)28-32-33-29(34(28)3)38-14-6-13-35-17-22-16-30(22,18-35)21-10-12-27(37-4)25(15-21)20(2)36/h5,7-12,15,22H,6,13-14,16-18H2,1-4H3/t22-,30+/m1/s1. The molecule has 0 N–H and O–H groups in total. The zero-order valence-corrected chi connectivity index (χ0v) is 23.2. The van der Waals surface area contributed by atoms with Gasteiger partial charge in [0.1, 0.15) is 5.75 Å². The molecule has 2 aromatic carbocycles. The average molecular weight is 528 g/mol. The fraction of sp³-hybridized carbons (Fsp3) is 0.400. The van der Waals surface area contributed by atoms with Crippen LogP contribution in [0.3, 0.4) is 0 Å². The number of hydrogen-bond donors (Lipinski definition) is 0. The molecule has 2 atom stereocenters. The van der Waals surface area contributed by atoms with Crippen LogP contribution in [0.1, 0.15) is 41.4 Å². The first-order valence-corrected chi connectivity index (χ1v) is 14.2. The molecule has 0 radical (unpaired) electrons. The summed E-state index contributed by atoms with van der Waals surface area (Å²) in [5.74, 6) is 3.27. The minimum absolute atomic E-state index is 0.0586. The van der Waals surface area contributed by atoms with E-state index in [4.69, 9.17) is 4.74 Å². The second-order valence-electron chi connectivity index (χ2n) is 10.7. The Hall–Kier alpha value is -3.23. The number of likely N-dealkylation sites (tertiary alicyclic amines) is 1. The lowest BCUT2D eigenvalue weighted by Gasteiger charge is -2.21. The van der Waals surface area contributed by atoms with Crippen molar-refractivity contribution < 1.29 is 9.53 Å². The number of nitrogens with zero attached hydrogens (tertiary/aromatic N) is 5. The highest BCUT2D eigenvalue weighted by Gasteiger charge is 2.60. The van der Waals surface area contributed by atoms with E-state index in [2.05, 4.69) is 48.9 Å². The molecule has 8 heteroatoms. The SMILES string of the molecule is COc1ccc([C@@]23C[C@@H]2CN(CCCSc2nnc(-c4cccc5nc(C)ccc45)n2C)C3)cc1C(C)=O. The molecule has 6 rings (SSSR count). The first kappa shape index (κ1) is 25.1. The lowest BCUT2D eigenvalue weighted by molar-refractivity contribution is 0.101. The van der Waals surface area contributed by atoms with E-state index in [1.807, 2.05) is 38.2 Å².